The van der Waals surface area contributed by atoms with E-state index in [0.717, 1.165) is 29.1 Å². The number of amides is 1. The molecule has 0 bridgehead atoms. The Morgan fingerprint density at radius 1 is 1.21 bits per heavy atom. The summed E-state index contributed by atoms with van der Waals surface area (Å²) in [5.41, 5.74) is -0.904. The lowest BCUT2D eigenvalue weighted by Gasteiger charge is -2.56. The van der Waals surface area contributed by atoms with Gasteiger partial charge < -0.3 is 19.7 Å². The minimum Gasteiger partial charge on any atom is -0.477 e. The number of β-lactam (4-membered cyclic amide) rings is 1. The number of carboxylic acid groups (broad SMARTS) is 1. The predicted octanol–water partition coefficient (Wildman–Crippen LogP) is 5.04. The number of thiazole rings is 1. The van der Waals surface area contributed by atoms with Crippen molar-refractivity contribution in [2.75, 3.05) is 19.5 Å². The number of hydrogen-bond donors (Lipinski definition) is 2. The molecule has 4 heterocycles. The van der Waals surface area contributed by atoms with Crippen molar-refractivity contribution in [3.63, 3.8) is 0 Å². The molecular formula is C27H37N3O7S2. The molecule has 2 aromatic rings. The number of thioether (sulfide) groups is 1. The summed E-state index contributed by atoms with van der Waals surface area (Å²) in [4.78, 5) is 45.3. The topological polar surface area (TPSA) is 131 Å². The molecule has 12 heteroatoms. The number of hydrogen-bond acceptors (Lipinski definition) is 9. The smallest absolute Gasteiger partial charge is 0.477 e. The molecule has 2 aliphatic heterocycles. The van der Waals surface area contributed by atoms with Gasteiger partial charge in [-0.15, -0.1) is 23.1 Å². The summed E-state index contributed by atoms with van der Waals surface area (Å²) in [7, 11) is 0. The largest absolute Gasteiger partial charge is 0.508 e. The second kappa shape index (κ2) is 12.3. The van der Waals surface area contributed by atoms with E-state index in [1.165, 1.54) is 60.6 Å². The second-order valence-corrected chi connectivity index (χ2v) is 12.1. The van der Waals surface area contributed by atoms with Crippen LogP contribution in [0.1, 0.15) is 70.6 Å². The zero-order valence-corrected chi connectivity index (χ0v) is 24.5. The Morgan fingerprint density at radius 2 is 1.90 bits per heavy atom. The first-order valence-corrected chi connectivity index (χ1v) is 15.5. The molecule has 1 saturated heterocycles. The first-order chi connectivity index (χ1) is 18.7. The van der Waals surface area contributed by atoms with E-state index in [2.05, 4.69) is 11.9 Å². The van der Waals surface area contributed by atoms with Crippen LogP contribution in [0.4, 0.5) is 4.79 Å². The molecule has 0 aliphatic carbocycles. The van der Waals surface area contributed by atoms with Crippen LogP contribution in [-0.4, -0.2) is 73.6 Å². The van der Waals surface area contributed by atoms with Gasteiger partial charge in [-0.25, -0.2) is 14.6 Å². The molecule has 1 fully saturated rings. The third-order valence-electron chi connectivity index (χ3n) is 7.82. The Hall–Kier alpha value is -2.57. The first kappa shape index (κ1) is 29.4. The number of aliphatic hydroxyl groups excluding tert-OH is 1. The maximum atomic E-state index is 13.2. The normalized spacial score (nSPS) is 23.2. The zero-order chi connectivity index (χ0) is 28.3. The van der Waals surface area contributed by atoms with E-state index in [1.807, 2.05) is 17.6 Å². The van der Waals surface area contributed by atoms with Gasteiger partial charge in [0.2, 0.25) is 5.91 Å². The molecule has 2 aliphatic rings. The minimum absolute atomic E-state index is 0.146. The van der Waals surface area contributed by atoms with Crippen molar-refractivity contribution in [2.45, 2.75) is 82.4 Å². The van der Waals surface area contributed by atoms with Gasteiger partial charge in [-0.1, -0.05) is 52.4 Å². The molecule has 2 aromatic heterocycles. The second-order valence-electron chi connectivity index (χ2n) is 10.2. The number of carboxylic acids is 1. The summed E-state index contributed by atoms with van der Waals surface area (Å²) < 4.78 is 12.6. The molecule has 0 radical (unpaired) electrons. The molecule has 4 atom stereocenters. The highest BCUT2D eigenvalue weighted by molar-refractivity contribution is 7.98. The number of aliphatic carboxylic acids is 1. The number of carbonyl (C=O) groups excluding carboxylic acids is 2. The molecule has 214 valence electrons. The summed E-state index contributed by atoms with van der Waals surface area (Å²) in [6.07, 6.45) is 11.0. The predicted molar refractivity (Wildman–Crippen MR) is 149 cm³/mol. The van der Waals surface area contributed by atoms with Crippen LogP contribution in [0.2, 0.25) is 0 Å². The lowest BCUT2D eigenvalue weighted by atomic mass is 9.65. The number of imidazole rings is 1. The van der Waals surface area contributed by atoms with E-state index in [0.29, 0.717) is 10.5 Å². The Bertz CT molecular complexity index is 1250. The van der Waals surface area contributed by atoms with Crippen molar-refractivity contribution in [1.29, 1.82) is 0 Å². The standard InChI is InChI=1S/C27H37N3O7S2/c1-5-6-7-8-9-10-11-12-36-26(35)37-14-27-16(2)19(18-13-29-15-28-22(38-4)24(29)39-18)21(25(33)34)30(27)23(32)20(27)17(3)31/h13,15-17,20,31H,5-12,14H2,1-4H3,(H,33,34)/t16-,17+,20-,27?/m0/s1. The van der Waals surface area contributed by atoms with Crippen LogP contribution in [0.5, 0.6) is 0 Å². The van der Waals surface area contributed by atoms with Crippen molar-refractivity contribution in [3.05, 3.63) is 23.1 Å². The third kappa shape index (κ3) is 5.30. The van der Waals surface area contributed by atoms with Crippen LogP contribution in [0.15, 0.2) is 23.2 Å². The van der Waals surface area contributed by atoms with Gasteiger partial charge in [0.1, 0.15) is 34.0 Å². The quantitative estimate of drug-likeness (QED) is 0.137. The van der Waals surface area contributed by atoms with E-state index in [9.17, 15) is 24.6 Å². The maximum Gasteiger partial charge on any atom is 0.508 e. The summed E-state index contributed by atoms with van der Waals surface area (Å²) >= 11 is 2.88. The van der Waals surface area contributed by atoms with E-state index in [4.69, 9.17) is 9.47 Å². The van der Waals surface area contributed by atoms with Gasteiger partial charge in [0.05, 0.1) is 23.5 Å². The summed E-state index contributed by atoms with van der Waals surface area (Å²) in [5.74, 6) is -3.21. The van der Waals surface area contributed by atoms with Crippen molar-refractivity contribution < 1.29 is 34.1 Å². The average molecular weight is 580 g/mol. The maximum absolute atomic E-state index is 13.2. The third-order valence-corrected chi connectivity index (χ3v) is 9.77. The minimum atomic E-state index is -1.25. The summed E-state index contributed by atoms with van der Waals surface area (Å²) in [6, 6.07) is 0. The highest BCUT2D eigenvalue weighted by Gasteiger charge is 2.71. The van der Waals surface area contributed by atoms with Crippen LogP contribution in [0.3, 0.4) is 0 Å². The highest BCUT2D eigenvalue weighted by atomic mass is 32.2. The molecular weight excluding hydrogens is 542 g/mol. The fourth-order valence-corrected chi connectivity index (χ4v) is 7.82. The Morgan fingerprint density at radius 3 is 2.54 bits per heavy atom. The number of nitrogens with zero attached hydrogens (tertiary/aromatic N) is 3. The molecule has 0 aromatic carbocycles. The molecule has 1 unspecified atom stereocenters. The first-order valence-electron chi connectivity index (χ1n) is 13.5. The van der Waals surface area contributed by atoms with Crippen LogP contribution < -0.4 is 0 Å². The van der Waals surface area contributed by atoms with E-state index in [1.54, 1.807) is 12.5 Å². The number of rotatable bonds is 14. The van der Waals surface area contributed by atoms with E-state index >= 15 is 0 Å². The summed E-state index contributed by atoms with van der Waals surface area (Å²) in [5, 5.41) is 21.6. The number of aliphatic hydroxyl groups is 1. The fourth-order valence-electron chi connectivity index (χ4n) is 5.91. The van der Waals surface area contributed by atoms with Gasteiger partial charge in [-0.2, -0.15) is 0 Å². The van der Waals surface area contributed by atoms with Gasteiger partial charge in [-0.3, -0.25) is 14.1 Å². The van der Waals surface area contributed by atoms with E-state index < -0.39 is 41.5 Å². The monoisotopic (exact) mass is 579 g/mol. The van der Waals surface area contributed by atoms with Gasteiger partial charge >= 0.3 is 12.1 Å². The van der Waals surface area contributed by atoms with Gasteiger partial charge in [-0.05, 0) is 19.6 Å². The number of ether oxygens (including phenoxy) is 2. The number of aromatic nitrogens is 2. The Kier molecular flexibility index (Phi) is 9.28. The highest BCUT2D eigenvalue weighted by Crippen LogP contribution is 2.59. The number of unbranched alkanes of at least 4 members (excludes halogenated alkanes) is 6. The molecule has 39 heavy (non-hydrogen) atoms. The fraction of sp³-hybridized carbons (Fsp3) is 0.630. The van der Waals surface area contributed by atoms with Gasteiger partial charge in [0, 0.05) is 17.7 Å². The molecule has 0 spiro atoms. The molecule has 0 saturated carbocycles. The lowest BCUT2D eigenvalue weighted by Crippen LogP contribution is -2.75. The zero-order valence-electron chi connectivity index (χ0n) is 22.8. The molecule has 10 nitrogen and oxygen atoms in total. The van der Waals surface area contributed by atoms with Gasteiger partial charge in [0.15, 0.2) is 0 Å². The SMILES string of the molecule is CCCCCCCCCOC(=O)OCC12[C@@H]([C@@H](C)O)C(=O)N1C(C(=O)O)=C(c1cn3cnc(SC)c3s1)[C@@H]2C. The lowest BCUT2D eigenvalue weighted by molar-refractivity contribution is -0.187. The molecule has 4 rings (SSSR count). The van der Waals surface area contributed by atoms with Crippen LogP contribution in [-0.2, 0) is 19.1 Å². The van der Waals surface area contributed by atoms with Crippen LogP contribution >= 0.6 is 23.1 Å². The number of carbonyl (C=O) groups is 3. The van der Waals surface area contributed by atoms with E-state index in [-0.39, 0.29) is 18.9 Å². The van der Waals surface area contributed by atoms with Crippen molar-refractivity contribution in [3.8, 4) is 0 Å². The van der Waals surface area contributed by atoms with Crippen LogP contribution in [0.25, 0.3) is 10.4 Å². The molecule has 2 N–H and O–H groups in total. The average Bonchev–Trinajstić information content (AvgIpc) is 3.53. The van der Waals surface area contributed by atoms with Crippen molar-refractivity contribution in [1.82, 2.24) is 14.3 Å². The van der Waals surface area contributed by atoms with Crippen LogP contribution in [0, 0.1) is 11.8 Å². The molecule has 1 amide bonds. The Labute approximate surface area is 236 Å². The Balaban J connectivity index is 1.51. The summed E-state index contributed by atoms with van der Waals surface area (Å²) in [6.45, 7) is 5.44. The van der Waals surface area contributed by atoms with Crippen molar-refractivity contribution >= 4 is 51.5 Å². The van der Waals surface area contributed by atoms with Crippen molar-refractivity contribution in [2.24, 2.45) is 11.8 Å². The van der Waals surface area contributed by atoms with Gasteiger partial charge in [0.25, 0.3) is 0 Å². The number of fused-ring (bicyclic) bond motifs is 2.